The average molecular weight is 459 g/mol. The Kier molecular flexibility index (Phi) is 8.71. The van der Waals surface area contributed by atoms with Crippen molar-refractivity contribution < 1.29 is 28.7 Å². The Morgan fingerprint density at radius 2 is 1.72 bits per heavy atom. The van der Waals surface area contributed by atoms with Gasteiger partial charge >= 0.3 is 11.9 Å². The molecule has 2 aromatic rings. The lowest BCUT2D eigenvalue weighted by atomic mass is 10.1. The van der Waals surface area contributed by atoms with E-state index < -0.39 is 24.5 Å². The summed E-state index contributed by atoms with van der Waals surface area (Å²) in [5, 5.41) is 2.72. The molecule has 0 aliphatic heterocycles. The number of esters is 2. The van der Waals surface area contributed by atoms with Crippen LogP contribution < -0.4 is 5.32 Å². The Balaban J connectivity index is 2.08. The molecule has 9 heteroatoms. The van der Waals surface area contributed by atoms with Crippen LogP contribution in [0.15, 0.2) is 30.3 Å². The first kappa shape index (κ1) is 24.8. The number of nitrogens with zero attached hydrogens (tertiary/aromatic N) is 1. The standard InChI is InChI=1S/C23H26N2O6S/c1-6-30-23(29)19-15(3)20(22(28)25(4)5)32-21(19)24-17(26)13-31-18(27)12-11-16-9-7-14(2)8-10-16/h7-12H,6,13H2,1-5H3,(H,24,26)/b12-11+. The van der Waals surface area contributed by atoms with Crippen molar-refractivity contribution >= 4 is 46.2 Å². The van der Waals surface area contributed by atoms with Crippen LogP contribution >= 0.6 is 11.3 Å². The van der Waals surface area contributed by atoms with Crippen LogP contribution in [0.2, 0.25) is 0 Å². The number of amides is 2. The normalized spacial score (nSPS) is 10.7. The third-order valence-electron chi connectivity index (χ3n) is 4.31. The molecule has 2 amide bonds. The molecule has 1 N–H and O–H groups in total. The molecule has 0 aliphatic carbocycles. The highest BCUT2D eigenvalue weighted by molar-refractivity contribution is 7.18. The second-order valence-corrected chi connectivity index (χ2v) is 8.10. The number of benzene rings is 1. The Labute approximate surface area is 190 Å². The van der Waals surface area contributed by atoms with E-state index in [4.69, 9.17) is 9.47 Å². The van der Waals surface area contributed by atoms with Crippen LogP contribution in [0, 0.1) is 13.8 Å². The maximum atomic E-state index is 12.4. The third-order valence-corrected chi connectivity index (χ3v) is 5.51. The maximum Gasteiger partial charge on any atom is 0.341 e. The summed E-state index contributed by atoms with van der Waals surface area (Å²) in [5.74, 6) is -2.27. The lowest BCUT2D eigenvalue weighted by molar-refractivity contribution is -0.142. The van der Waals surface area contributed by atoms with Gasteiger partial charge in [-0.15, -0.1) is 11.3 Å². The molecule has 0 saturated carbocycles. The van der Waals surface area contributed by atoms with Crippen molar-refractivity contribution in [1.29, 1.82) is 0 Å². The van der Waals surface area contributed by atoms with Gasteiger partial charge in [0, 0.05) is 20.2 Å². The van der Waals surface area contributed by atoms with E-state index in [0.717, 1.165) is 22.5 Å². The molecule has 0 fully saturated rings. The number of anilines is 1. The molecule has 0 aliphatic rings. The first-order valence-electron chi connectivity index (χ1n) is 9.87. The maximum absolute atomic E-state index is 12.4. The number of aryl methyl sites for hydroxylation is 1. The van der Waals surface area contributed by atoms with E-state index in [0.29, 0.717) is 10.4 Å². The van der Waals surface area contributed by atoms with Gasteiger partial charge in [-0.3, -0.25) is 9.59 Å². The summed E-state index contributed by atoms with van der Waals surface area (Å²) in [6.07, 6.45) is 2.81. The van der Waals surface area contributed by atoms with Gasteiger partial charge in [-0.25, -0.2) is 9.59 Å². The zero-order valence-corrected chi connectivity index (χ0v) is 19.5. The number of hydrogen-bond donors (Lipinski definition) is 1. The second-order valence-electron chi connectivity index (χ2n) is 7.08. The summed E-state index contributed by atoms with van der Waals surface area (Å²) in [6.45, 7) is 4.83. The van der Waals surface area contributed by atoms with E-state index in [2.05, 4.69) is 5.32 Å². The van der Waals surface area contributed by atoms with Crippen molar-refractivity contribution in [2.45, 2.75) is 20.8 Å². The molecule has 0 radical (unpaired) electrons. The summed E-state index contributed by atoms with van der Waals surface area (Å²) in [7, 11) is 3.18. The molecule has 2 rings (SSSR count). The molecule has 0 bridgehead atoms. The topological polar surface area (TPSA) is 102 Å². The predicted octanol–water partition coefficient (Wildman–Crippen LogP) is 3.44. The van der Waals surface area contributed by atoms with Crippen LogP contribution in [0.4, 0.5) is 5.00 Å². The van der Waals surface area contributed by atoms with Crippen molar-refractivity contribution in [3.05, 3.63) is 57.5 Å². The number of nitrogens with one attached hydrogen (secondary N) is 1. The van der Waals surface area contributed by atoms with Gasteiger partial charge in [0.2, 0.25) is 0 Å². The molecule has 170 valence electrons. The predicted molar refractivity (Wildman–Crippen MR) is 123 cm³/mol. The summed E-state index contributed by atoms with van der Waals surface area (Å²) < 4.78 is 10.0. The number of carbonyl (C=O) groups is 4. The van der Waals surface area contributed by atoms with Crippen molar-refractivity contribution in [1.82, 2.24) is 4.90 Å². The zero-order valence-electron chi connectivity index (χ0n) is 18.7. The Morgan fingerprint density at radius 1 is 1.06 bits per heavy atom. The zero-order chi connectivity index (χ0) is 23.8. The minimum atomic E-state index is -0.683. The Bertz CT molecular complexity index is 1040. The Morgan fingerprint density at radius 3 is 2.31 bits per heavy atom. The van der Waals surface area contributed by atoms with E-state index in [1.54, 1.807) is 34.0 Å². The van der Waals surface area contributed by atoms with Crippen LogP contribution in [-0.4, -0.2) is 56.0 Å². The number of ether oxygens (including phenoxy) is 2. The summed E-state index contributed by atoms with van der Waals surface area (Å²) in [4.78, 5) is 50.7. The van der Waals surface area contributed by atoms with Crippen molar-refractivity contribution in [2.75, 3.05) is 32.6 Å². The highest BCUT2D eigenvalue weighted by atomic mass is 32.1. The van der Waals surface area contributed by atoms with Crippen LogP contribution in [0.3, 0.4) is 0 Å². The van der Waals surface area contributed by atoms with Gasteiger partial charge in [-0.2, -0.15) is 0 Å². The lowest BCUT2D eigenvalue weighted by Gasteiger charge is -2.09. The van der Waals surface area contributed by atoms with E-state index in [1.807, 2.05) is 31.2 Å². The average Bonchev–Trinajstić information content (AvgIpc) is 3.06. The number of rotatable bonds is 8. The molecule has 8 nitrogen and oxygen atoms in total. The smallest absolute Gasteiger partial charge is 0.341 e. The summed E-state index contributed by atoms with van der Waals surface area (Å²) in [6, 6.07) is 7.54. The SMILES string of the molecule is CCOC(=O)c1c(NC(=O)COC(=O)/C=C/c2ccc(C)cc2)sc(C(=O)N(C)C)c1C. The third kappa shape index (κ3) is 6.52. The molecule has 0 spiro atoms. The molecule has 0 saturated heterocycles. The number of hydrogen-bond acceptors (Lipinski definition) is 7. The first-order valence-corrected chi connectivity index (χ1v) is 10.7. The van der Waals surface area contributed by atoms with Crippen molar-refractivity contribution in [3.63, 3.8) is 0 Å². The monoisotopic (exact) mass is 458 g/mol. The van der Waals surface area contributed by atoms with Crippen LogP contribution in [0.5, 0.6) is 0 Å². The number of carbonyl (C=O) groups excluding carboxylic acids is 4. The first-order chi connectivity index (χ1) is 15.1. The summed E-state index contributed by atoms with van der Waals surface area (Å²) >= 11 is 0.970. The fourth-order valence-corrected chi connectivity index (χ4v) is 3.88. The fourth-order valence-electron chi connectivity index (χ4n) is 2.65. The largest absolute Gasteiger partial charge is 0.462 e. The molecule has 0 atom stereocenters. The van der Waals surface area contributed by atoms with Gasteiger partial charge in [0.05, 0.1) is 17.0 Å². The highest BCUT2D eigenvalue weighted by Crippen LogP contribution is 2.34. The van der Waals surface area contributed by atoms with Crippen LogP contribution in [0.25, 0.3) is 6.08 Å². The minimum Gasteiger partial charge on any atom is -0.462 e. The fraction of sp³-hybridized carbons (Fsp3) is 0.304. The molecule has 32 heavy (non-hydrogen) atoms. The van der Waals surface area contributed by atoms with Crippen LogP contribution in [0.1, 0.15) is 43.6 Å². The van der Waals surface area contributed by atoms with E-state index >= 15 is 0 Å². The van der Waals surface area contributed by atoms with E-state index in [9.17, 15) is 19.2 Å². The molecule has 1 aromatic carbocycles. The van der Waals surface area contributed by atoms with Gasteiger partial charge in [0.1, 0.15) is 5.00 Å². The van der Waals surface area contributed by atoms with Gasteiger partial charge in [0.25, 0.3) is 11.8 Å². The van der Waals surface area contributed by atoms with Gasteiger partial charge in [-0.05, 0) is 38.0 Å². The second kappa shape index (κ2) is 11.2. The van der Waals surface area contributed by atoms with E-state index in [1.165, 1.54) is 11.0 Å². The van der Waals surface area contributed by atoms with Gasteiger partial charge in [0.15, 0.2) is 6.61 Å². The molecular formula is C23H26N2O6S. The Hall–Kier alpha value is -3.46. The molecule has 0 unspecified atom stereocenters. The highest BCUT2D eigenvalue weighted by Gasteiger charge is 2.27. The van der Waals surface area contributed by atoms with E-state index in [-0.39, 0.29) is 23.1 Å². The van der Waals surface area contributed by atoms with Crippen molar-refractivity contribution in [2.24, 2.45) is 0 Å². The van der Waals surface area contributed by atoms with Gasteiger partial charge in [-0.1, -0.05) is 29.8 Å². The summed E-state index contributed by atoms with van der Waals surface area (Å²) in [5.41, 5.74) is 2.45. The number of thiophene rings is 1. The lowest BCUT2D eigenvalue weighted by Crippen LogP contribution is -2.21. The minimum absolute atomic E-state index is 0.112. The van der Waals surface area contributed by atoms with Crippen LogP contribution in [-0.2, 0) is 19.1 Å². The van der Waals surface area contributed by atoms with Gasteiger partial charge < -0.3 is 19.7 Å². The molecule has 1 aromatic heterocycles. The van der Waals surface area contributed by atoms with Crippen molar-refractivity contribution in [3.8, 4) is 0 Å². The molecule has 1 heterocycles. The molecular weight excluding hydrogens is 432 g/mol. The quantitative estimate of drug-likeness (QED) is 0.480.